The number of aliphatic imine (C=N–C) groups is 1. The third-order valence-electron chi connectivity index (χ3n) is 4.07. The van der Waals surface area contributed by atoms with Crippen LogP contribution in [0.25, 0.3) is 0 Å². The van der Waals surface area contributed by atoms with Crippen LogP contribution in [0.2, 0.25) is 0 Å². The number of esters is 1. The van der Waals surface area contributed by atoms with E-state index in [-0.39, 0.29) is 5.97 Å². The molecular formula is C24H29NO2. The Hall–Kier alpha value is -2.68. The summed E-state index contributed by atoms with van der Waals surface area (Å²) in [4.78, 5) is 17.7. The van der Waals surface area contributed by atoms with Crippen LogP contribution in [-0.4, -0.2) is 23.3 Å². The van der Waals surface area contributed by atoms with Crippen molar-refractivity contribution >= 4 is 11.7 Å². The minimum Gasteiger partial charge on any atom is -0.458 e. The first-order valence-corrected chi connectivity index (χ1v) is 9.33. The van der Waals surface area contributed by atoms with E-state index in [9.17, 15) is 4.79 Å². The molecular weight excluding hydrogens is 334 g/mol. The molecule has 3 heteroatoms. The van der Waals surface area contributed by atoms with Crippen molar-refractivity contribution < 1.29 is 9.53 Å². The van der Waals surface area contributed by atoms with Crippen molar-refractivity contribution in [1.82, 2.24) is 0 Å². The summed E-state index contributed by atoms with van der Waals surface area (Å²) in [7, 11) is 0. The van der Waals surface area contributed by atoms with Gasteiger partial charge in [0.05, 0.1) is 5.71 Å². The first-order chi connectivity index (χ1) is 12.8. The summed E-state index contributed by atoms with van der Waals surface area (Å²) in [6.07, 6.45) is 2.55. The maximum Gasteiger partial charge on any atom is 0.331 e. The number of hydrogen-bond donors (Lipinski definition) is 0. The van der Waals surface area contributed by atoms with Gasteiger partial charge in [-0.3, -0.25) is 4.99 Å². The van der Waals surface area contributed by atoms with E-state index in [1.165, 1.54) is 0 Å². The highest BCUT2D eigenvalue weighted by atomic mass is 16.6. The van der Waals surface area contributed by atoms with Crippen molar-refractivity contribution in [2.45, 2.75) is 52.7 Å². The lowest BCUT2D eigenvalue weighted by atomic mass is 10.0. The monoisotopic (exact) mass is 363 g/mol. The van der Waals surface area contributed by atoms with E-state index in [4.69, 9.17) is 9.73 Å². The zero-order valence-electron chi connectivity index (χ0n) is 16.9. The molecule has 0 aliphatic heterocycles. The van der Waals surface area contributed by atoms with Gasteiger partial charge in [0, 0.05) is 17.5 Å². The predicted octanol–water partition coefficient (Wildman–Crippen LogP) is 5.59. The summed E-state index contributed by atoms with van der Waals surface area (Å²) in [6.45, 7) is 9.62. The minimum absolute atomic E-state index is 0.298. The average Bonchev–Trinajstić information content (AvgIpc) is 2.64. The highest BCUT2D eigenvalue weighted by molar-refractivity contribution is 6.13. The standard InChI is InChI=1S/C24H29NO2/c1-6-18(2)17-21(23(26)27-24(3,4)5)25-22(19-13-9-7-10-14-19)20-15-11-8-12-16-20/h6-16,21H,17H2,1-5H3/b18-6+/t21-/m0/s1. The second-order valence-corrected chi connectivity index (χ2v) is 7.60. The molecule has 3 nitrogen and oxygen atoms in total. The van der Waals surface area contributed by atoms with Gasteiger partial charge < -0.3 is 4.74 Å². The molecule has 2 aromatic rings. The maximum absolute atomic E-state index is 12.9. The summed E-state index contributed by atoms with van der Waals surface area (Å²) < 4.78 is 5.64. The fraction of sp³-hybridized carbons (Fsp3) is 0.333. The van der Waals surface area contributed by atoms with E-state index in [1.807, 2.05) is 101 Å². The molecule has 0 N–H and O–H groups in total. The van der Waals surface area contributed by atoms with E-state index in [2.05, 4.69) is 0 Å². The lowest BCUT2D eigenvalue weighted by Gasteiger charge is -2.23. The Morgan fingerprint density at radius 1 is 1.00 bits per heavy atom. The Labute approximate surface area is 162 Å². The summed E-state index contributed by atoms with van der Waals surface area (Å²) in [5.41, 5.74) is 3.32. The van der Waals surface area contributed by atoms with Gasteiger partial charge in [0.1, 0.15) is 5.60 Å². The Kier molecular flexibility index (Phi) is 7.12. The number of rotatable bonds is 6. The van der Waals surface area contributed by atoms with Crippen molar-refractivity contribution in [3.63, 3.8) is 0 Å². The quantitative estimate of drug-likeness (QED) is 0.381. The van der Waals surface area contributed by atoms with Crippen LogP contribution in [0, 0.1) is 0 Å². The van der Waals surface area contributed by atoms with Crippen molar-refractivity contribution in [1.29, 1.82) is 0 Å². The molecule has 0 fully saturated rings. The molecule has 0 amide bonds. The van der Waals surface area contributed by atoms with Crippen LogP contribution >= 0.6 is 0 Å². The predicted molar refractivity (Wildman–Crippen MR) is 112 cm³/mol. The normalized spacial score (nSPS) is 13.0. The van der Waals surface area contributed by atoms with Gasteiger partial charge in [-0.1, -0.05) is 72.3 Å². The van der Waals surface area contributed by atoms with Gasteiger partial charge in [-0.25, -0.2) is 4.79 Å². The summed E-state index contributed by atoms with van der Waals surface area (Å²) in [5, 5.41) is 0. The SMILES string of the molecule is C/C=C(\C)C[C@H](N=C(c1ccccc1)c1ccccc1)C(=O)OC(C)(C)C. The summed E-state index contributed by atoms with van der Waals surface area (Å²) in [5.74, 6) is -0.298. The Balaban J connectivity index is 2.51. The Morgan fingerprint density at radius 2 is 1.48 bits per heavy atom. The lowest BCUT2D eigenvalue weighted by Crippen LogP contribution is -2.32. The maximum atomic E-state index is 12.9. The molecule has 0 aliphatic rings. The molecule has 0 unspecified atom stereocenters. The fourth-order valence-electron chi connectivity index (χ4n) is 2.64. The fourth-order valence-corrected chi connectivity index (χ4v) is 2.64. The van der Waals surface area contributed by atoms with Crippen LogP contribution in [0.1, 0.15) is 52.2 Å². The molecule has 0 aromatic heterocycles. The van der Waals surface area contributed by atoms with Crippen LogP contribution in [0.4, 0.5) is 0 Å². The Bertz CT molecular complexity index is 758. The molecule has 2 rings (SSSR count). The number of benzene rings is 2. The van der Waals surface area contributed by atoms with Crippen molar-refractivity contribution in [3.05, 3.63) is 83.4 Å². The first kappa shape index (κ1) is 20.6. The molecule has 0 saturated heterocycles. The average molecular weight is 364 g/mol. The van der Waals surface area contributed by atoms with Gasteiger partial charge in [-0.05, 0) is 34.6 Å². The van der Waals surface area contributed by atoms with E-state index in [1.54, 1.807) is 0 Å². The molecule has 0 radical (unpaired) electrons. The van der Waals surface area contributed by atoms with E-state index in [0.717, 1.165) is 22.4 Å². The first-order valence-electron chi connectivity index (χ1n) is 9.33. The number of allylic oxidation sites excluding steroid dienone is 1. The molecule has 2 aromatic carbocycles. The summed E-state index contributed by atoms with van der Waals surface area (Å²) in [6, 6.07) is 19.3. The lowest BCUT2D eigenvalue weighted by molar-refractivity contribution is -0.156. The van der Waals surface area contributed by atoms with Crippen LogP contribution in [0.15, 0.2) is 77.3 Å². The van der Waals surface area contributed by atoms with Gasteiger partial charge in [-0.2, -0.15) is 0 Å². The van der Waals surface area contributed by atoms with E-state index >= 15 is 0 Å². The van der Waals surface area contributed by atoms with Crippen LogP contribution in [-0.2, 0) is 9.53 Å². The third kappa shape index (κ3) is 6.52. The zero-order chi connectivity index (χ0) is 19.9. The molecule has 0 bridgehead atoms. The topological polar surface area (TPSA) is 38.7 Å². The smallest absolute Gasteiger partial charge is 0.331 e. The number of carbonyl (C=O) groups excluding carboxylic acids is 1. The van der Waals surface area contributed by atoms with Gasteiger partial charge >= 0.3 is 5.97 Å². The molecule has 0 aliphatic carbocycles. The van der Waals surface area contributed by atoms with E-state index in [0.29, 0.717) is 6.42 Å². The minimum atomic E-state index is -0.587. The van der Waals surface area contributed by atoms with Crippen molar-refractivity contribution in [2.75, 3.05) is 0 Å². The molecule has 142 valence electrons. The summed E-state index contributed by atoms with van der Waals surface area (Å²) >= 11 is 0. The van der Waals surface area contributed by atoms with Gasteiger partial charge in [0.2, 0.25) is 0 Å². The molecule has 0 spiro atoms. The van der Waals surface area contributed by atoms with Crippen LogP contribution in [0.3, 0.4) is 0 Å². The highest BCUT2D eigenvalue weighted by Gasteiger charge is 2.26. The number of ether oxygens (including phenoxy) is 1. The van der Waals surface area contributed by atoms with Gasteiger partial charge in [-0.15, -0.1) is 0 Å². The van der Waals surface area contributed by atoms with Gasteiger partial charge in [0.25, 0.3) is 0 Å². The largest absolute Gasteiger partial charge is 0.458 e. The second kappa shape index (κ2) is 9.31. The van der Waals surface area contributed by atoms with Crippen molar-refractivity contribution in [3.8, 4) is 0 Å². The van der Waals surface area contributed by atoms with Crippen LogP contribution in [0.5, 0.6) is 0 Å². The number of nitrogens with zero attached hydrogens (tertiary/aromatic N) is 1. The zero-order valence-corrected chi connectivity index (χ0v) is 16.9. The highest BCUT2D eigenvalue weighted by Crippen LogP contribution is 2.19. The second-order valence-electron chi connectivity index (χ2n) is 7.60. The molecule has 0 heterocycles. The molecule has 27 heavy (non-hydrogen) atoms. The molecule has 1 atom stereocenters. The third-order valence-corrected chi connectivity index (χ3v) is 4.07. The van der Waals surface area contributed by atoms with Gasteiger partial charge in [0.15, 0.2) is 6.04 Å². The van der Waals surface area contributed by atoms with Crippen LogP contribution < -0.4 is 0 Å². The van der Waals surface area contributed by atoms with E-state index < -0.39 is 11.6 Å². The molecule has 0 saturated carbocycles. The van der Waals surface area contributed by atoms with Crippen molar-refractivity contribution in [2.24, 2.45) is 4.99 Å². The Morgan fingerprint density at radius 3 is 1.89 bits per heavy atom. The number of carbonyl (C=O) groups is 1. The number of hydrogen-bond acceptors (Lipinski definition) is 3.